The lowest BCUT2D eigenvalue weighted by atomic mass is 10.3. The number of anilines is 1. The maximum atomic E-state index is 13.1. The van der Waals surface area contributed by atoms with Crippen molar-refractivity contribution in [3.05, 3.63) is 10.5 Å². The molecule has 3 heterocycles. The molecule has 0 atom stereocenters. The predicted molar refractivity (Wildman–Crippen MR) is 99.6 cm³/mol. The van der Waals surface area contributed by atoms with Crippen molar-refractivity contribution < 1.29 is 4.74 Å². The Kier molecular flexibility index (Phi) is 4.55. The molecule has 0 amide bonds. The van der Waals surface area contributed by atoms with Crippen LogP contribution in [0.5, 0.6) is 6.01 Å². The molecule has 26 heavy (non-hydrogen) atoms. The van der Waals surface area contributed by atoms with Gasteiger partial charge >= 0.3 is 11.7 Å². The maximum Gasteiger partial charge on any atom is 0.331 e. The third-order valence-electron chi connectivity index (χ3n) is 4.96. The number of piperazine rings is 1. The molecular weight excluding hydrogens is 332 g/mol. The fourth-order valence-corrected chi connectivity index (χ4v) is 3.39. The molecule has 2 aromatic rings. The number of hydrogen-bond donors (Lipinski definition) is 1. The molecular formula is C18H24N6O2. The van der Waals surface area contributed by atoms with E-state index in [1.54, 1.807) is 23.2 Å². The van der Waals surface area contributed by atoms with Crippen molar-refractivity contribution in [1.29, 1.82) is 0 Å². The van der Waals surface area contributed by atoms with E-state index in [1.807, 2.05) is 0 Å². The van der Waals surface area contributed by atoms with Crippen molar-refractivity contribution in [3.8, 4) is 17.9 Å². The van der Waals surface area contributed by atoms with Crippen LogP contribution in [0.4, 0.5) is 5.82 Å². The smallest absolute Gasteiger partial charge is 0.331 e. The van der Waals surface area contributed by atoms with Gasteiger partial charge in [-0.3, -0.25) is 9.13 Å². The van der Waals surface area contributed by atoms with E-state index in [0.717, 1.165) is 37.5 Å². The van der Waals surface area contributed by atoms with Crippen LogP contribution in [0.1, 0.15) is 19.8 Å². The van der Waals surface area contributed by atoms with Crippen LogP contribution in [0.15, 0.2) is 4.79 Å². The van der Waals surface area contributed by atoms with E-state index in [0.29, 0.717) is 30.7 Å². The Bertz CT molecular complexity index is 925. The van der Waals surface area contributed by atoms with Gasteiger partial charge in [0.2, 0.25) is 0 Å². The highest BCUT2D eigenvalue weighted by molar-refractivity contribution is 5.85. The SMILES string of the molecule is CC#CCn1c(=O)n(CC2CC2)c2nc(OC)nc(N3CCNCC3)c21. The lowest BCUT2D eigenvalue weighted by Gasteiger charge is -2.29. The number of imidazole rings is 1. The van der Waals surface area contributed by atoms with Crippen molar-refractivity contribution in [2.24, 2.45) is 5.92 Å². The van der Waals surface area contributed by atoms with Gasteiger partial charge in [-0.05, 0) is 25.7 Å². The molecule has 0 spiro atoms. The fourth-order valence-electron chi connectivity index (χ4n) is 3.39. The van der Waals surface area contributed by atoms with E-state index in [-0.39, 0.29) is 5.69 Å². The molecule has 8 nitrogen and oxygen atoms in total. The lowest BCUT2D eigenvalue weighted by molar-refractivity contribution is 0.380. The molecule has 0 aromatic carbocycles. The van der Waals surface area contributed by atoms with Gasteiger partial charge in [0.1, 0.15) is 5.52 Å². The fraction of sp³-hybridized carbons (Fsp3) is 0.611. The Labute approximate surface area is 152 Å². The van der Waals surface area contributed by atoms with E-state index in [2.05, 4.69) is 32.0 Å². The van der Waals surface area contributed by atoms with Crippen molar-refractivity contribution in [2.75, 3.05) is 38.2 Å². The van der Waals surface area contributed by atoms with Crippen LogP contribution in [0.3, 0.4) is 0 Å². The predicted octanol–water partition coefficient (Wildman–Crippen LogP) is 0.444. The van der Waals surface area contributed by atoms with E-state index < -0.39 is 0 Å². The van der Waals surface area contributed by atoms with Crippen LogP contribution in [-0.2, 0) is 13.1 Å². The van der Waals surface area contributed by atoms with Gasteiger partial charge in [-0.1, -0.05) is 5.92 Å². The summed E-state index contributed by atoms with van der Waals surface area (Å²) in [7, 11) is 1.56. The second-order valence-corrected chi connectivity index (χ2v) is 6.79. The summed E-state index contributed by atoms with van der Waals surface area (Å²) in [6.07, 6.45) is 2.33. The lowest BCUT2D eigenvalue weighted by Crippen LogP contribution is -2.44. The number of methoxy groups -OCH3 is 1. The summed E-state index contributed by atoms with van der Waals surface area (Å²) in [5.74, 6) is 7.23. The monoisotopic (exact) mass is 356 g/mol. The summed E-state index contributed by atoms with van der Waals surface area (Å²) in [4.78, 5) is 24.4. The quantitative estimate of drug-likeness (QED) is 0.784. The first kappa shape index (κ1) is 16.9. The number of fused-ring (bicyclic) bond motifs is 1. The van der Waals surface area contributed by atoms with E-state index in [9.17, 15) is 4.79 Å². The average molecular weight is 356 g/mol. The molecule has 1 aliphatic heterocycles. The average Bonchev–Trinajstić information content (AvgIpc) is 3.46. The van der Waals surface area contributed by atoms with Crippen LogP contribution in [0.2, 0.25) is 0 Å². The zero-order valence-corrected chi connectivity index (χ0v) is 15.3. The molecule has 0 unspecified atom stereocenters. The molecule has 2 aromatic heterocycles. The largest absolute Gasteiger partial charge is 0.467 e. The van der Waals surface area contributed by atoms with Crippen molar-refractivity contribution in [3.63, 3.8) is 0 Å². The van der Waals surface area contributed by atoms with Gasteiger partial charge in [-0.2, -0.15) is 9.97 Å². The topological polar surface area (TPSA) is 77.2 Å². The number of hydrogen-bond acceptors (Lipinski definition) is 6. The summed E-state index contributed by atoms with van der Waals surface area (Å²) < 4.78 is 8.83. The van der Waals surface area contributed by atoms with Crippen LogP contribution in [-0.4, -0.2) is 52.4 Å². The van der Waals surface area contributed by atoms with Gasteiger partial charge in [0, 0.05) is 32.7 Å². The van der Waals surface area contributed by atoms with Crippen LogP contribution in [0.25, 0.3) is 11.2 Å². The van der Waals surface area contributed by atoms with Gasteiger partial charge in [-0.15, -0.1) is 5.92 Å². The Morgan fingerprint density at radius 1 is 1.23 bits per heavy atom. The standard InChI is InChI=1S/C18H24N6O2/c1-3-4-9-23-14-15(22-10-7-19-8-11-22)20-17(26-2)21-16(14)24(18(23)25)12-13-5-6-13/h13,19H,5-12H2,1-2H3. The molecule has 8 heteroatoms. The summed E-state index contributed by atoms with van der Waals surface area (Å²) in [5, 5.41) is 3.35. The summed E-state index contributed by atoms with van der Waals surface area (Å²) in [5.41, 5.74) is 1.36. The van der Waals surface area contributed by atoms with Crippen LogP contribution in [0, 0.1) is 17.8 Å². The molecule has 138 valence electrons. The number of nitrogens with zero attached hydrogens (tertiary/aromatic N) is 5. The van der Waals surface area contributed by atoms with Crippen LogP contribution >= 0.6 is 0 Å². The minimum Gasteiger partial charge on any atom is -0.467 e. The molecule has 1 saturated heterocycles. The highest BCUT2D eigenvalue weighted by Crippen LogP contribution is 2.32. The van der Waals surface area contributed by atoms with Gasteiger partial charge < -0.3 is 15.0 Å². The molecule has 0 radical (unpaired) electrons. The van der Waals surface area contributed by atoms with E-state index in [4.69, 9.17) is 4.74 Å². The normalized spacial score (nSPS) is 17.2. The third kappa shape index (κ3) is 3.03. The Morgan fingerprint density at radius 2 is 2.00 bits per heavy atom. The van der Waals surface area contributed by atoms with Gasteiger partial charge in [0.15, 0.2) is 11.5 Å². The zero-order chi connectivity index (χ0) is 18.1. The maximum absolute atomic E-state index is 13.1. The Morgan fingerprint density at radius 3 is 2.65 bits per heavy atom. The number of aromatic nitrogens is 4. The summed E-state index contributed by atoms with van der Waals surface area (Å²) >= 11 is 0. The highest BCUT2D eigenvalue weighted by Gasteiger charge is 2.28. The Balaban J connectivity index is 1.94. The summed E-state index contributed by atoms with van der Waals surface area (Å²) in [6.45, 7) is 6.26. The van der Waals surface area contributed by atoms with E-state index >= 15 is 0 Å². The van der Waals surface area contributed by atoms with Crippen molar-refractivity contribution in [1.82, 2.24) is 24.4 Å². The number of ether oxygens (including phenoxy) is 1. The first-order valence-electron chi connectivity index (χ1n) is 9.13. The van der Waals surface area contributed by atoms with Gasteiger partial charge in [-0.25, -0.2) is 4.79 Å². The number of rotatable bonds is 5. The Hall–Kier alpha value is -2.53. The third-order valence-corrected chi connectivity index (χ3v) is 4.96. The minimum absolute atomic E-state index is 0.0615. The molecule has 0 bridgehead atoms. The van der Waals surface area contributed by atoms with E-state index in [1.165, 1.54) is 12.8 Å². The molecule has 1 saturated carbocycles. The second kappa shape index (κ2) is 7.00. The minimum atomic E-state index is -0.0615. The second-order valence-electron chi connectivity index (χ2n) is 6.79. The molecule has 2 aliphatic rings. The van der Waals surface area contributed by atoms with Gasteiger partial charge in [0.05, 0.1) is 13.7 Å². The molecule has 1 aliphatic carbocycles. The number of nitrogens with one attached hydrogen (secondary N) is 1. The zero-order valence-electron chi connectivity index (χ0n) is 15.3. The van der Waals surface area contributed by atoms with Crippen LogP contribution < -0.4 is 20.6 Å². The molecule has 1 N–H and O–H groups in total. The molecule has 4 rings (SSSR count). The van der Waals surface area contributed by atoms with Crippen molar-refractivity contribution in [2.45, 2.75) is 32.9 Å². The first-order valence-corrected chi connectivity index (χ1v) is 9.13. The summed E-state index contributed by atoms with van der Waals surface area (Å²) in [6, 6.07) is 0.300. The first-order chi connectivity index (χ1) is 12.7. The van der Waals surface area contributed by atoms with Gasteiger partial charge in [0.25, 0.3) is 0 Å². The molecule has 2 fully saturated rings. The highest BCUT2D eigenvalue weighted by atomic mass is 16.5. The van der Waals surface area contributed by atoms with Crippen molar-refractivity contribution >= 4 is 17.0 Å².